The first kappa shape index (κ1) is 13.5. The summed E-state index contributed by atoms with van der Waals surface area (Å²) in [6.45, 7) is 8.19. The van der Waals surface area contributed by atoms with Crippen molar-refractivity contribution in [3.05, 3.63) is 29.6 Å². The number of hydrogen-bond donors (Lipinski definition) is 1. The van der Waals surface area contributed by atoms with Crippen molar-refractivity contribution < 1.29 is 4.74 Å². The molecule has 2 unspecified atom stereocenters. The maximum Gasteiger partial charge on any atom is 0.0897 e. The molecule has 1 aromatic heterocycles. The molecule has 100 valence electrons. The molecule has 0 aromatic carbocycles. The Morgan fingerprint density at radius 2 is 2.39 bits per heavy atom. The predicted molar refractivity (Wildman–Crippen MR) is 72.6 cm³/mol. The lowest BCUT2D eigenvalue weighted by atomic mass is 10.0. The van der Waals surface area contributed by atoms with Crippen LogP contribution in [0.3, 0.4) is 0 Å². The first-order valence-corrected chi connectivity index (χ1v) is 6.67. The van der Waals surface area contributed by atoms with Gasteiger partial charge in [0.2, 0.25) is 0 Å². The third kappa shape index (κ3) is 3.07. The van der Waals surface area contributed by atoms with E-state index in [2.05, 4.69) is 35.1 Å². The van der Waals surface area contributed by atoms with Crippen molar-refractivity contribution in [1.29, 1.82) is 0 Å². The highest BCUT2D eigenvalue weighted by Crippen LogP contribution is 2.22. The van der Waals surface area contributed by atoms with E-state index in [9.17, 15) is 0 Å². The van der Waals surface area contributed by atoms with Crippen molar-refractivity contribution in [1.82, 2.24) is 15.2 Å². The fourth-order valence-corrected chi connectivity index (χ4v) is 2.54. The van der Waals surface area contributed by atoms with Gasteiger partial charge in [0.05, 0.1) is 18.8 Å². The Bertz CT molecular complexity index is 383. The molecule has 1 N–H and O–H groups in total. The number of rotatable bonds is 4. The number of aromatic nitrogens is 1. The third-order valence-corrected chi connectivity index (χ3v) is 3.56. The van der Waals surface area contributed by atoms with E-state index in [1.54, 1.807) is 0 Å². The first-order valence-electron chi connectivity index (χ1n) is 6.67. The summed E-state index contributed by atoms with van der Waals surface area (Å²) in [4.78, 5) is 6.71. The molecule has 2 heterocycles. The molecule has 4 nitrogen and oxygen atoms in total. The van der Waals surface area contributed by atoms with Gasteiger partial charge in [-0.2, -0.15) is 0 Å². The summed E-state index contributed by atoms with van der Waals surface area (Å²) in [6, 6.07) is 2.40. The quantitative estimate of drug-likeness (QED) is 0.874. The zero-order chi connectivity index (χ0) is 13.0. The fraction of sp³-hybridized carbons (Fsp3) is 0.643. The Labute approximate surface area is 109 Å². The van der Waals surface area contributed by atoms with E-state index in [0.29, 0.717) is 0 Å². The zero-order valence-electron chi connectivity index (χ0n) is 11.5. The third-order valence-electron chi connectivity index (χ3n) is 3.56. The van der Waals surface area contributed by atoms with Gasteiger partial charge in [-0.25, -0.2) is 0 Å². The van der Waals surface area contributed by atoms with Crippen LogP contribution >= 0.6 is 0 Å². The Hall–Kier alpha value is -0.970. The SMILES string of the molecule is CCN1CCOC(C(NC)c2cncc(C)c2)C1. The molecule has 2 rings (SSSR count). The Morgan fingerprint density at radius 3 is 3.06 bits per heavy atom. The lowest BCUT2D eigenvalue weighted by molar-refractivity contribution is -0.0445. The first-order chi connectivity index (χ1) is 8.74. The van der Waals surface area contributed by atoms with Gasteiger partial charge in [0.1, 0.15) is 0 Å². The lowest BCUT2D eigenvalue weighted by Crippen LogP contribution is -2.47. The number of pyridine rings is 1. The van der Waals surface area contributed by atoms with E-state index < -0.39 is 0 Å². The molecule has 0 amide bonds. The maximum atomic E-state index is 5.93. The van der Waals surface area contributed by atoms with Gasteiger partial charge in [0, 0.05) is 25.5 Å². The highest BCUT2D eigenvalue weighted by molar-refractivity contribution is 5.21. The second kappa shape index (κ2) is 6.27. The number of likely N-dealkylation sites (N-methyl/N-ethyl adjacent to an activating group) is 2. The monoisotopic (exact) mass is 249 g/mol. The molecule has 0 aliphatic carbocycles. The molecule has 1 fully saturated rings. The van der Waals surface area contributed by atoms with Gasteiger partial charge in [-0.3, -0.25) is 9.88 Å². The van der Waals surface area contributed by atoms with Gasteiger partial charge >= 0.3 is 0 Å². The lowest BCUT2D eigenvalue weighted by Gasteiger charge is -2.36. The Kier molecular flexibility index (Phi) is 4.69. The summed E-state index contributed by atoms with van der Waals surface area (Å²) in [7, 11) is 1.99. The second-order valence-corrected chi connectivity index (χ2v) is 4.86. The van der Waals surface area contributed by atoms with E-state index in [1.807, 2.05) is 19.4 Å². The summed E-state index contributed by atoms with van der Waals surface area (Å²) >= 11 is 0. The van der Waals surface area contributed by atoms with E-state index >= 15 is 0 Å². The number of nitrogens with zero attached hydrogens (tertiary/aromatic N) is 2. The van der Waals surface area contributed by atoms with Gasteiger partial charge < -0.3 is 10.1 Å². The summed E-state index contributed by atoms with van der Waals surface area (Å²) in [6.07, 6.45) is 4.02. The van der Waals surface area contributed by atoms with Crippen LogP contribution < -0.4 is 5.32 Å². The number of morpholine rings is 1. The molecule has 1 saturated heterocycles. The normalized spacial score (nSPS) is 22.9. The minimum atomic E-state index is 0.201. The van der Waals surface area contributed by atoms with Gasteiger partial charge in [0.25, 0.3) is 0 Å². The number of nitrogens with one attached hydrogen (secondary N) is 1. The van der Waals surface area contributed by atoms with Crippen LogP contribution in [-0.2, 0) is 4.74 Å². The number of hydrogen-bond acceptors (Lipinski definition) is 4. The van der Waals surface area contributed by atoms with Crippen molar-refractivity contribution >= 4 is 0 Å². The van der Waals surface area contributed by atoms with Crippen molar-refractivity contribution in [2.75, 3.05) is 33.3 Å². The van der Waals surface area contributed by atoms with Crippen LogP contribution in [0.5, 0.6) is 0 Å². The number of ether oxygens (including phenoxy) is 1. The minimum absolute atomic E-state index is 0.201. The van der Waals surface area contributed by atoms with Crippen LogP contribution in [-0.4, -0.2) is 49.3 Å². The van der Waals surface area contributed by atoms with Gasteiger partial charge in [-0.15, -0.1) is 0 Å². The van der Waals surface area contributed by atoms with Gasteiger partial charge in [0.15, 0.2) is 0 Å². The molecule has 0 radical (unpaired) electrons. The average Bonchev–Trinajstić information content (AvgIpc) is 2.40. The highest BCUT2D eigenvalue weighted by atomic mass is 16.5. The largest absolute Gasteiger partial charge is 0.374 e. The van der Waals surface area contributed by atoms with Crippen molar-refractivity contribution in [2.24, 2.45) is 0 Å². The zero-order valence-corrected chi connectivity index (χ0v) is 11.5. The molecule has 1 aromatic rings. The molecule has 1 aliphatic rings. The van der Waals surface area contributed by atoms with E-state index in [0.717, 1.165) is 26.2 Å². The fourth-order valence-electron chi connectivity index (χ4n) is 2.54. The van der Waals surface area contributed by atoms with Crippen molar-refractivity contribution in [2.45, 2.75) is 26.0 Å². The Morgan fingerprint density at radius 1 is 1.56 bits per heavy atom. The molecular weight excluding hydrogens is 226 g/mol. The van der Waals surface area contributed by atoms with E-state index in [1.165, 1.54) is 11.1 Å². The van der Waals surface area contributed by atoms with Crippen LogP contribution in [0.25, 0.3) is 0 Å². The molecule has 4 heteroatoms. The molecule has 1 aliphatic heterocycles. The highest BCUT2D eigenvalue weighted by Gasteiger charge is 2.27. The van der Waals surface area contributed by atoms with E-state index in [-0.39, 0.29) is 12.1 Å². The smallest absolute Gasteiger partial charge is 0.0897 e. The minimum Gasteiger partial charge on any atom is -0.374 e. The van der Waals surface area contributed by atoms with Crippen LogP contribution in [0.2, 0.25) is 0 Å². The van der Waals surface area contributed by atoms with Gasteiger partial charge in [-0.1, -0.05) is 13.0 Å². The maximum absolute atomic E-state index is 5.93. The van der Waals surface area contributed by atoms with Crippen LogP contribution in [0, 0.1) is 6.92 Å². The molecule has 0 bridgehead atoms. The van der Waals surface area contributed by atoms with Crippen molar-refractivity contribution in [3.8, 4) is 0 Å². The van der Waals surface area contributed by atoms with Crippen LogP contribution in [0.4, 0.5) is 0 Å². The molecule has 0 spiro atoms. The van der Waals surface area contributed by atoms with Crippen LogP contribution in [0.1, 0.15) is 24.1 Å². The van der Waals surface area contributed by atoms with Crippen molar-refractivity contribution in [3.63, 3.8) is 0 Å². The predicted octanol–water partition coefficient (Wildman–Crippen LogP) is 1.37. The average molecular weight is 249 g/mol. The summed E-state index contributed by atoms with van der Waals surface area (Å²) < 4.78 is 5.93. The standard InChI is InChI=1S/C14H23N3O/c1-4-17-5-6-18-13(10-17)14(15-3)12-7-11(2)8-16-9-12/h7-9,13-15H,4-6,10H2,1-3H3. The summed E-state index contributed by atoms with van der Waals surface area (Å²) in [5.41, 5.74) is 2.40. The summed E-state index contributed by atoms with van der Waals surface area (Å²) in [5.74, 6) is 0. The molecule has 0 saturated carbocycles. The number of aryl methyl sites for hydroxylation is 1. The Balaban J connectivity index is 2.12. The second-order valence-electron chi connectivity index (χ2n) is 4.86. The molecule has 18 heavy (non-hydrogen) atoms. The van der Waals surface area contributed by atoms with Crippen LogP contribution in [0.15, 0.2) is 18.5 Å². The van der Waals surface area contributed by atoms with Gasteiger partial charge in [-0.05, 0) is 31.6 Å². The molecular formula is C14H23N3O. The van der Waals surface area contributed by atoms with E-state index in [4.69, 9.17) is 4.74 Å². The molecule has 2 atom stereocenters. The topological polar surface area (TPSA) is 37.4 Å². The summed E-state index contributed by atoms with van der Waals surface area (Å²) in [5, 5.41) is 3.37.